The Bertz CT molecular complexity index is 897. The van der Waals surface area contributed by atoms with E-state index >= 15 is 0 Å². The zero-order valence-electron chi connectivity index (χ0n) is 10.9. The van der Waals surface area contributed by atoms with Crippen molar-refractivity contribution in [1.29, 1.82) is 0 Å². The van der Waals surface area contributed by atoms with Crippen LogP contribution in [0.1, 0.15) is 16.3 Å². The van der Waals surface area contributed by atoms with E-state index in [2.05, 4.69) is 10.1 Å². The molecule has 0 saturated carbocycles. The molecule has 0 spiro atoms. The van der Waals surface area contributed by atoms with E-state index in [0.717, 1.165) is 5.56 Å². The number of fused-ring (bicyclic) bond motifs is 1. The topological polar surface area (TPSA) is 47.3 Å². The lowest BCUT2D eigenvalue weighted by molar-refractivity contribution is 0.885. The Morgan fingerprint density at radius 2 is 2.05 bits per heavy atom. The van der Waals surface area contributed by atoms with E-state index in [-0.39, 0.29) is 5.56 Å². The molecule has 21 heavy (non-hydrogen) atoms. The minimum atomic E-state index is -0.212. The van der Waals surface area contributed by atoms with Crippen molar-refractivity contribution in [3.8, 4) is 0 Å². The lowest BCUT2D eigenvalue weighted by Gasteiger charge is -1.95. The fourth-order valence-corrected chi connectivity index (χ4v) is 3.05. The summed E-state index contributed by atoms with van der Waals surface area (Å²) in [5, 5.41) is 5.85. The molecule has 0 aliphatic carbocycles. The average molecular weight is 338 g/mol. The maximum absolute atomic E-state index is 11.8. The predicted molar refractivity (Wildman–Crippen MR) is 87.0 cm³/mol. The molecule has 0 atom stereocenters. The van der Waals surface area contributed by atoms with Gasteiger partial charge in [-0.3, -0.25) is 4.79 Å². The molecule has 2 heterocycles. The van der Waals surface area contributed by atoms with E-state index in [1.54, 1.807) is 25.1 Å². The number of aromatic nitrogens is 3. The zero-order chi connectivity index (χ0) is 15.0. The molecule has 0 N–H and O–H groups in total. The molecular weight excluding hydrogens is 329 g/mol. The summed E-state index contributed by atoms with van der Waals surface area (Å²) in [5.41, 5.74) is 1.35. The minimum absolute atomic E-state index is 0.212. The fraction of sp³-hybridized carbons (Fsp3) is 0.0714. The van der Waals surface area contributed by atoms with Crippen LogP contribution in [0.2, 0.25) is 5.02 Å². The smallest absolute Gasteiger partial charge is 0.267 e. The van der Waals surface area contributed by atoms with E-state index in [9.17, 15) is 4.79 Å². The predicted octanol–water partition coefficient (Wildman–Crippen LogP) is 3.85. The quantitative estimate of drug-likeness (QED) is 0.713. The number of aryl methyl sites for hydroxylation is 1. The molecule has 0 aliphatic rings. The van der Waals surface area contributed by atoms with Gasteiger partial charge in [0.05, 0.1) is 5.03 Å². The lowest BCUT2D eigenvalue weighted by Crippen LogP contribution is -2.14. The van der Waals surface area contributed by atoms with Gasteiger partial charge in [-0.15, -0.1) is 0 Å². The highest BCUT2D eigenvalue weighted by Crippen LogP contribution is 2.26. The van der Waals surface area contributed by atoms with Gasteiger partial charge in [0, 0.05) is 16.8 Å². The van der Waals surface area contributed by atoms with Gasteiger partial charge in [0.15, 0.2) is 5.01 Å². The Morgan fingerprint density at radius 3 is 2.76 bits per heavy atom. The normalized spacial score (nSPS) is 12.0. The number of nitrogens with zero attached hydrogens (tertiary/aromatic N) is 3. The number of halogens is 2. The highest BCUT2D eigenvalue weighted by molar-refractivity contribution is 7.18. The molecule has 0 bridgehead atoms. The van der Waals surface area contributed by atoms with Crippen molar-refractivity contribution >= 4 is 50.6 Å². The molecule has 0 unspecified atom stereocenters. The molecule has 4 nitrogen and oxygen atoms in total. The van der Waals surface area contributed by atoms with Crippen molar-refractivity contribution in [2.75, 3.05) is 0 Å². The molecule has 0 fully saturated rings. The minimum Gasteiger partial charge on any atom is -0.267 e. The molecular formula is C14H9Cl2N3OS. The number of hydrogen-bond donors (Lipinski definition) is 0. The van der Waals surface area contributed by atoms with E-state index in [0.29, 0.717) is 25.7 Å². The van der Waals surface area contributed by atoms with Crippen LogP contribution >= 0.6 is 34.5 Å². The zero-order valence-corrected chi connectivity index (χ0v) is 13.2. The van der Waals surface area contributed by atoms with Crippen molar-refractivity contribution < 1.29 is 0 Å². The van der Waals surface area contributed by atoms with Crippen LogP contribution in [0.5, 0.6) is 0 Å². The summed E-state index contributed by atoms with van der Waals surface area (Å²) in [6, 6.07) is 8.71. The van der Waals surface area contributed by atoms with Gasteiger partial charge in [-0.05, 0) is 30.7 Å². The van der Waals surface area contributed by atoms with Gasteiger partial charge >= 0.3 is 0 Å². The van der Waals surface area contributed by atoms with E-state index in [4.69, 9.17) is 23.2 Å². The number of benzene rings is 1. The third kappa shape index (κ3) is 3.00. The van der Waals surface area contributed by atoms with E-state index < -0.39 is 0 Å². The Morgan fingerprint density at radius 1 is 1.33 bits per heavy atom. The van der Waals surface area contributed by atoms with Crippen molar-refractivity contribution in [2.45, 2.75) is 6.92 Å². The number of hydrogen-bond acceptors (Lipinski definition) is 4. The van der Waals surface area contributed by atoms with Gasteiger partial charge in [0.2, 0.25) is 4.96 Å². The average Bonchev–Trinajstić information content (AvgIpc) is 2.85. The highest BCUT2D eigenvalue weighted by Gasteiger charge is 2.10. The van der Waals surface area contributed by atoms with Crippen molar-refractivity contribution in [2.24, 2.45) is 0 Å². The molecule has 7 heteroatoms. The maximum Gasteiger partial charge on any atom is 0.275 e. The van der Waals surface area contributed by atoms with Crippen LogP contribution in [-0.2, 0) is 0 Å². The molecule has 2 aromatic heterocycles. The first kappa shape index (κ1) is 14.3. The lowest BCUT2D eigenvalue weighted by atomic mass is 10.2. The van der Waals surface area contributed by atoms with Crippen LogP contribution in [0.15, 0.2) is 35.1 Å². The van der Waals surface area contributed by atoms with Gasteiger partial charge in [-0.2, -0.15) is 9.61 Å². The van der Waals surface area contributed by atoms with Gasteiger partial charge in [0.25, 0.3) is 5.56 Å². The Balaban J connectivity index is 2.05. The molecule has 3 aromatic rings. The summed E-state index contributed by atoms with van der Waals surface area (Å²) in [6.45, 7) is 1.77. The van der Waals surface area contributed by atoms with Gasteiger partial charge in [-0.1, -0.05) is 46.7 Å². The molecule has 0 radical (unpaired) electrons. The summed E-state index contributed by atoms with van der Waals surface area (Å²) >= 11 is 13.4. The van der Waals surface area contributed by atoms with Crippen LogP contribution in [0.4, 0.5) is 0 Å². The first-order chi connectivity index (χ1) is 10.0. The largest absolute Gasteiger partial charge is 0.275 e. The monoisotopic (exact) mass is 337 g/mol. The van der Waals surface area contributed by atoms with E-state index in [1.165, 1.54) is 21.9 Å². The maximum atomic E-state index is 11.8. The Labute approximate surface area is 134 Å². The van der Waals surface area contributed by atoms with Crippen LogP contribution in [-0.4, -0.2) is 14.6 Å². The van der Waals surface area contributed by atoms with Gasteiger partial charge in [0.1, 0.15) is 0 Å². The molecule has 1 aromatic carbocycles. The summed E-state index contributed by atoms with van der Waals surface area (Å²) in [4.78, 5) is 16.6. The second-order valence-electron chi connectivity index (χ2n) is 4.38. The van der Waals surface area contributed by atoms with Crippen LogP contribution in [0, 0.1) is 6.92 Å². The Hall–Kier alpha value is -1.69. The molecule has 3 rings (SSSR count). The van der Waals surface area contributed by atoms with Gasteiger partial charge in [-0.25, -0.2) is 4.98 Å². The van der Waals surface area contributed by atoms with Crippen LogP contribution in [0.3, 0.4) is 0 Å². The SMILES string of the molecule is Cc1cc(=O)n2nc(/C(Cl)=C/c3ccc(Cl)cc3)sc2n1. The molecule has 106 valence electrons. The standard InChI is InChI=1S/C14H9Cl2N3OS/c1-8-6-12(20)19-14(17-8)21-13(18-19)11(16)7-9-2-4-10(15)5-3-9/h2-7H,1H3/b11-7-. The fourth-order valence-electron chi connectivity index (χ4n) is 1.78. The van der Waals surface area contributed by atoms with Crippen molar-refractivity contribution in [1.82, 2.24) is 14.6 Å². The van der Waals surface area contributed by atoms with Gasteiger partial charge < -0.3 is 0 Å². The van der Waals surface area contributed by atoms with Crippen LogP contribution in [0.25, 0.3) is 16.1 Å². The first-order valence-electron chi connectivity index (χ1n) is 6.03. The first-order valence-corrected chi connectivity index (χ1v) is 7.61. The summed E-state index contributed by atoms with van der Waals surface area (Å²) < 4.78 is 1.26. The van der Waals surface area contributed by atoms with Crippen LogP contribution < -0.4 is 5.56 Å². The second kappa shape index (κ2) is 5.60. The summed E-state index contributed by atoms with van der Waals surface area (Å²) in [7, 11) is 0. The highest BCUT2D eigenvalue weighted by atomic mass is 35.5. The summed E-state index contributed by atoms with van der Waals surface area (Å²) in [6.07, 6.45) is 1.77. The second-order valence-corrected chi connectivity index (χ2v) is 6.18. The Kier molecular flexibility index (Phi) is 3.80. The molecule has 0 amide bonds. The van der Waals surface area contributed by atoms with Crippen molar-refractivity contribution in [3.05, 3.63) is 62.0 Å². The molecule has 0 aliphatic heterocycles. The summed E-state index contributed by atoms with van der Waals surface area (Å²) in [5.74, 6) is 0. The third-order valence-corrected chi connectivity index (χ3v) is 4.33. The third-order valence-electron chi connectivity index (χ3n) is 2.74. The number of rotatable bonds is 2. The molecule has 0 saturated heterocycles. The van der Waals surface area contributed by atoms with E-state index in [1.807, 2.05) is 12.1 Å². The van der Waals surface area contributed by atoms with Crippen molar-refractivity contribution in [3.63, 3.8) is 0 Å².